The van der Waals surface area contributed by atoms with Crippen LogP contribution in [0.3, 0.4) is 0 Å². The molecule has 2 saturated heterocycles. The number of ether oxygens (including phenoxy) is 1. The van der Waals surface area contributed by atoms with Crippen molar-refractivity contribution in [2.24, 2.45) is 10.9 Å². The van der Waals surface area contributed by atoms with Gasteiger partial charge in [0.2, 0.25) is 0 Å². The molecule has 1 N–H and O–H groups in total. The summed E-state index contributed by atoms with van der Waals surface area (Å²) in [7, 11) is 1.86. The molecule has 1 aromatic heterocycles. The lowest BCUT2D eigenvalue weighted by molar-refractivity contribution is 0.186. The Morgan fingerprint density at radius 2 is 2.23 bits per heavy atom. The smallest absolute Gasteiger partial charge is 0.193 e. The second-order valence-electron chi connectivity index (χ2n) is 5.82. The van der Waals surface area contributed by atoms with E-state index in [1.807, 2.05) is 25.4 Å². The number of aromatic nitrogens is 1. The highest BCUT2D eigenvalue weighted by Gasteiger charge is 2.22. The maximum atomic E-state index is 5.42. The summed E-state index contributed by atoms with van der Waals surface area (Å²) in [5, 5.41) is 3.50. The standard InChI is InChI=1S/C16H25N5O/c1-17-16(19-12-14-5-11-22-13-14)21-9-7-20(8-10-21)15-4-2-3-6-18-15/h2-4,6,14H,5,7-13H2,1H3,(H,17,19). The van der Waals surface area contributed by atoms with Crippen molar-refractivity contribution in [3.05, 3.63) is 24.4 Å². The van der Waals surface area contributed by atoms with Gasteiger partial charge < -0.3 is 19.9 Å². The molecule has 2 fully saturated rings. The van der Waals surface area contributed by atoms with Crippen molar-refractivity contribution in [1.82, 2.24) is 15.2 Å². The van der Waals surface area contributed by atoms with Gasteiger partial charge in [0.1, 0.15) is 5.82 Å². The van der Waals surface area contributed by atoms with Gasteiger partial charge in [-0.15, -0.1) is 0 Å². The highest BCUT2D eigenvalue weighted by atomic mass is 16.5. The fraction of sp³-hybridized carbons (Fsp3) is 0.625. The molecule has 3 heterocycles. The van der Waals surface area contributed by atoms with E-state index in [9.17, 15) is 0 Å². The van der Waals surface area contributed by atoms with Gasteiger partial charge in [0.05, 0.1) is 6.61 Å². The third-order valence-electron chi connectivity index (χ3n) is 4.34. The summed E-state index contributed by atoms with van der Waals surface area (Å²) in [4.78, 5) is 13.5. The molecule has 2 aliphatic rings. The van der Waals surface area contributed by atoms with E-state index < -0.39 is 0 Å². The van der Waals surface area contributed by atoms with Crippen LogP contribution >= 0.6 is 0 Å². The molecule has 1 unspecified atom stereocenters. The van der Waals surface area contributed by atoms with E-state index in [1.54, 1.807) is 0 Å². The molecule has 22 heavy (non-hydrogen) atoms. The number of hydrogen-bond donors (Lipinski definition) is 1. The normalized spacial score (nSPS) is 23.0. The van der Waals surface area contributed by atoms with Crippen LogP contribution in [0.1, 0.15) is 6.42 Å². The van der Waals surface area contributed by atoms with E-state index in [-0.39, 0.29) is 0 Å². The number of anilines is 1. The summed E-state index contributed by atoms with van der Waals surface area (Å²) in [5.74, 6) is 2.69. The number of pyridine rings is 1. The second-order valence-corrected chi connectivity index (χ2v) is 5.82. The fourth-order valence-corrected chi connectivity index (χ4v) is 3.00. The van der Waals surface area contributed by atoms with E-state index in [4.69, 9.17) is 4.74 Å². The van der Waals surface area contributed by atoms with Crippen LogP contribution in [0.5, 0.6) is 0 Å². The zero-order chi connectivity index (χ0) is 15.2. The molecule has 120 valence electrons. The van der Waals surface area contributed by atoms with Crippen LogP contribution in [0.4, 0.5) is 5.82 Å². The molecule has 0 aromatic carbocycles. The Labute approximate surface area is 132 Å². The molecule has 2 aliphatic heterocycles. The average Bonchev–Trinajstić information content (AvgIpc) is 3.10. The third-order valence-corrected chi connectivity index (χ3v) is 4.34. The molecule has 0 aliphatic carbocycles. The first-order chi connectivity index (χ1) is 10.9. The predicted octanol–water partition coefficient (Wildman–Crippen LogP) is 0.815. The first kappa shape index (κ1) is 15.1. The van der Waals surface area contributed by atoms with Crippen LogP contribution in [0, 0.1) is 5.92 Å². The minimum Gasteiger partial charge on any atom is -0.381 e. The molecular formula is C16H25N5O. The van der Waals surface area contributed by atoms with Crippen LogP contribution < -0.4 is 10.2 Å². The van der Waals surface area contributed by atoms with Crippen molar-refractivity contribution in [2.75, 3.05) is 57.9 Å². The lowest BCUT2D eigenvalue weighted by Crippen LogP contribution is -2.53. The SMILES string of the molecule is CN=C(NCC1CCOC1)N1CCN(c2ccccn2)CC1. The number of nitrogens with zero attached hydrogens (tertiary/aromatic N) is 4. The van der Waals surface area contributed by atoms with Crippen molar-refractivity contribution in [3.63, 3.8) is 0 Å². The van der Waals surface area contributed by atoms with E-state index in [0.717, 1.165) is 64.1 Å². The molecule has 0 spiro atoms. The molecule has 1 atom stereocenters. The number of piperazine rings is 1. The van der Waals surface area contributed by atoms with E-state index in [0.29, 0.717) is 5.92 Å². The lowest BCUT2D eigenvalue weighted by atomic mass is 10.1. The van der Waals surface area contributed by atoms with Gasteiger partial charge in [0.15, 0.2) is 5.96 Å². The van der Waals surface area contributed by atoms with Gasteiger partial charge in [-0.05, 0) is 18.6 Å². The number of rotatable bonds is 3. The zero-order valence-electron chi connectivity index (χ0n) is 13.2. The summed E-state index contributed by atoms with van der Waals surface area (Å²) in [6, 6.07) is 6.07. The highest BCUT2D eigenvalue weighted by Crippen LogP contribution is 2.13. The maximum absolute atomic E-state index is 5.42. The number of hydrogen-bond acceptors (Lipinski definition) is 4. The van der Waals surface area contributed by atoms with Crippen molar-refractivity contribution in [2.45, 2.75) is 6.42 Å². The van der Waals surface area contributed by atoms with Crippen LogP contribution in [0.15, 0.2) is 29.4 Å². The summed E-state index contributed by atoms with van der Waals surface area (Å²) in [6.45, 7) is 6.61. The third kappa shape index (κ3) is 3.68. The summed E-state index contributed by atoms with van der Waals surface area (Å²) < 4.78 is 5.42. The van der Waals surface area contributed by atoms with Crippen LogP contribution in [0.25, 0.3) is 0 Å². The number of guanidine groups is 1. The van der Waals surface area contributed by atoms with Crippen molar-refractivity contribution < 1.29 is 4.74 Å². The van der Waals surface area contributed by atoms with Gasteiger partial charge in [-0.3, -0.25) is 4.99 Å². The molecule has 0 bridgehead atoms. The summed E-state index contributed by atoms with van der Waals surface area (Å²) in [5.41, 5.74) is 0. The number of aliphatic imine (C=N–C) groups is 1. The Kier molecular flexibility index (Phi) is 5.11. The van der Waals surface area contributed by atoms with Gasteiger partial charge in [-0.25, -0.2) is 4.98 Å². The van der Waals surface area contributed by atoms with Crippen molar-refractivity contribution in [3.8, 4) is 0 Å². The molecule has 6 nitrogen and oxygen atoms in total. The summed E-state index contributed by atoms with van der Waals surface area (Å²) >= 11 is 0. The van der Waals surface area contributed by atoms with Gasteiger partial charge in [-0.1, -0.05) is 6.07 Å². The molecule has 6 heteroatoms. The van der Waals surface area contributed by atoms with Crippen molar-refractivity contribution >= 4 is 11.8 Å². The Morgan fingerprint density at radius 3 is 2.86 bits per heavy atom. The quantitative estimate of drug-likeness (QED) is 0.662. The van der Waals surface area contributed by atoms with Gasteiger partial charge in [-0.2, -0.15) is 0 Å². The first-order valence-electron chi connectivity index (χ1n) is 8.06. The lowest BCUT2D eigenvalue weighted by Gasteiger charge is -2.37. The Bertz CT molecular complexity index is 479. The monoisotopic (exact) mass is 303 g/mol. The van der Waals surface area contributed by atoms with E-state index in [1.165, 1.54) is 0 Å². The zero-order valence-corrected chi connectivity index (χ0v) is 13.2. The van der Waals surface area contributed by atoms with Gasteiger partial charge >= 0.3 is 0 Å². The fourth-order valence-electron chi connectivity index (χ4n) is 3.00. The maximum Gasteiger partial charge on any atom is 0.193 e. The minimum absolute atomic E-state index is 0.617. The molecule has 1 aromatic rings. The minimum atomic E-state index is 0.617. The second kappa shape index (κ2) is 7.45. The first-order valence-corrected chi connectivity index (χ1v) is 8.06. The van der Waals surface area contributed by atoms with Crippen molar-refractivity contribution in [1.29, 1.82) is 0 Å². The van der Waals surface area contributed by atoms with Crippen LogP contribution in [-0.4, -0.2) is 68.8 Å². The average molecular weight is 303 g/mol. The van der Waals surface area contributed by atoms with Gasteiger partial charge in [0.25, 0.3) is 0 Å². The molecule has 0 radical (unpaired) electrons. The Balaban J connectivity index is 1.48. The Morgan fingerprint density at radius 1 is 1.36 bits per heavy atom. The topological polar surface area (TPSA) is 53.0 Å². The van der Waals surface area contributed by atoms with Crippen LogP contribution in [0.2, 0.25) is 0 Å². The van der Waals surface area contributed by atoms with E-state index in [2.05, 4.69) is 31.2 Å². The summed E-state index contributed by atoms with van der Waals surface area (Å²) in [6.07, 6.45) is 3.00. The molecule has 0 saturated carbocycles. The number of nitrogens with one attached hydrogen (secondary N) is 1. The van der Waals surface area contributed by atoms with Crippen LogP contribution in [-0.2, 0) is 4.74 Å². The Hall–Kier alpha value is -1.82. The van der Waals surface area contributed by atoms with E-state index >= 15 is 0 Å². The molecule has 3 rings (SSSR count). The molecule has 0 amide bonds. The molecular weight excluding hydrogens is 278 g/mol. The largest absolute Gasteiger partial charge is 0.381 e. The van der Waals surface area contributed by atoms with Gasteiger partial charge in [0, 0.05) is 58.5 Å². The predicted molar refractivity (Wildman–Crippen MR) is 88.3 cm³/mol. The highest BCUT2D eigenvalue weighted by molar-refractivity contribution is 5.80.